The third-order valence-corrected chi connectivity index (χ3v) is 3.94. The molecule has 0 unspecified atom stereocenters. The number of amides is 1. The standard InChI is InChI=1S/C19H21F2N3O3/c1-2-27-17(15-14(20)8-7-13(10-25)16(15)21)19(26)24-9-11-3-5-12(6-4-11)18(22)23/h3-8,17,25H,2,9-10H2,1H3,(H3,22,23)(H,24,26)/t17-/m0/s1. The van der Waals surface area contributed by atoms with Gasteiger partial charge in [-0.25, -0.2) is 8.78 Å². The largest absolute Gasteiger partial charge is 0.392 e. The zero-order chi connectivity index (χ0) is 20.0. The summed E-state index contributed by atoms with van der Waals surface area (Å²) in [5.74, 6) is -2.71. The number of nitrogens with two attached hydrogens (primary N) is 1. The third kappa shape index (κ3) is 4.87. The molecule has 0 aliphatic heterocycles. The Labute approximate surface area is 155 Å². The van der Waals surface area contributed by atoms with E-state index in [0.29, 0.717) is 11.1 Å². The number of hydrogen-bond acceptors (Lipinski definition) is 4. The molecule has 0 saturated heterocycles. The van der Waals surface area contributed by atoms with Gasteiger partial charge in [0, 0.05) is 24.3 Å². The van der Waals surface area contributed by atoms with Gasteiger partial charge < -0.3 is 20.9 Å². The minimum Gasteiger partial charge on any atom is -0.392 e. The summed E-state index contributed by atoms with van der Waals surface area (Å²) in [5.41, 5.74) is 5.99. The van der Waals surface area contributed by atoms with Crippen LogP contribution < -0.4 is 11.1 Å². The number of aliphatic hydroxyl groups excluding tert-OH is 1. The monoisotopic (exact) mass is 377 g/mol. The first-order valence-corrected chi connectivity index (χ1v) is 8.29. The average molecular weight is 377 g/mol. The maximum atomic E-state index is 14.5. The van der Waals surface area contributed by atoms with Gasteiger partial charge >= 0.3 is 0 Å². The number of amidine groups is 1. The second-order valence-corrected chi connectivity index (χ2v) is 5.76. The van der Waals surface area contributed by atoms with Crippen LogP contribution in [0.15, 0.2) is 36.4 Å². The molecule has 1 atom stereocenters. The van der Waals surface area contributed by atoms with E-state index >= 15 is 0 Å². The van der Waals surface area contributed by atoms with Gasteiger partial charge in [0.25, 0.3) is 5.91 Å². The molecule has 2 rings (SSSR count). The van der Waals surface area contributed by atoms with E-state index in [1.807, 2.05) is 0 Å². The molecule has 27 heavy (non-hydrogen) atoms. The number of hydrogen-bond donors (Lipinski definition) is 4. The summed E-state index contributed by atoms with van der Waals surface area (Å²) in [4.78, 5) is 12.5. The van der Waals surface area contributed by atoms with Crippen LogP contribution in [0.3, 0.4) is 0 Å². The van der Waals surface area contributed by atoms with Crippen LogP contribution in [-0.4, -0.2) is 23.5 Å². The highest BCUT2D eigenvalue weighted by atomic mass is 19.1. The highest BCUT2D eigenvalue weighted by molar-refractivity contribution is 5.94. The van der Waals surface area contributed by atoms with Crippen LogP contribution in [0, 0.1) is 17.0 Å². The van der Waals surface area contributed by atoms with Crippen molar-refractivity contribution in [3.05, 3.63) is 70.3 Å². The molecule has 0 radical (unpaired) electrons. The lowest BCUT2D eigenvalue weighted by Crippen LogP contribution is -2.32. The molecule has 0 spiro atoms. The molecular formula is C19H21F2N3O3. The van der Waals surface area contributed by atoms with Gasteiger partial charge in [0.15, 0.2) is 6.10 Å². The second kappa shape index (κ2) is 9.20. The van der Waals surface area contributed by atoms with Crippen molar-refractivity contribution in [3.8, 4) is 0 Å². The highest BCUT2D eigenvalue weighted by Crippen LogP contribution is 2.27. The van der Waals surface area contributed by atoms with Gasteiger partial charge in [-0.3, -0.25) is 10.2 Å². The van der Waals surface area contributed by atoms with Gasteiger partial charge in [-0.2, -0.15) is 0 Å². The number of nitrogens with one attached hydrogen (secondary N) is 2. The van der Waals surface area contributed by atoms with Crippen molar-refractivity contribution in [3.63, 3.8) is 0 Å². The van der Waals surface area contributed by atoms with Crippen molar-refractivity contribution in [1.82, 2.24) is 5.32 Å². The highest BCUT2D eigenvalue weighted by Gasteiger charge is 2.29. The first-order chi connectivity index (χ1) is 12.9. The Morgan fingerprint density at radius 3 is 2.48 bits per heavy atom. The van der Waals surface area contributed by atoms with Crippen molar-refractivity contribution in [2.24, 2.45) is 5.73 Å². The number of nitrogen functional groups attached to an aromatic ring is 1. The number of halogens is 2. The lowest BCUT2D eigenvalue weighted by molar-refractivity contribution is -0.133. The molecule has 2 aromatic carbocycles. The molecule has 5 N–H and O–H groups in total. The van der Waals surface area contributed by atoms with Gasteiger partial charge in [-0.1, -0.05) is 30.3 Å². The van der Waals surface area contributed by atoms with E-state index in [4.69, 9.17) is 21.0 Å². The van der Waals surface area contributed by atoms with Gasteiger partial charge in [0.1, 0.15) is 17.5 Å². The SMILES string of the molecule is CCO[C@H](C(=O)NCc1ccc(C(=N)N)cc1)c1c(F)ccc(CO)c1F. The smallest absolute Gasteiger partial charge is 0.254 e. The average Bonchev–Trinajstić information content (AvgIpc) is 2.66. The molecule has 8 heteroatoms. The van der Waals surface area contributed by atoms with E-state index in [0.717, 1.165) is 12.1 Å². The fourth-order valence-electron chi connectivity index (χ4n) is 2.52. The van der Waals surface area contributed by atoms with Crippen LogP contribution in [0.4, 0.5) is 8.78 Å². The summed E-state index contributed by atoms with van der Waals surface area (Å²) in [7, 11) is 0. The number of benzene rings is 2. The Kier molecular flexibility index (Phi) is 6.98. The topological polar surface area (TPSA) is 108 Å². The Hall–Kier alpha value is -2.84. The molecule has 0 saturated carbocycles. The molecule has 144 valence electrons. The third-order valence-electron chi connectivity index (χ3n) is 3.94. The second-order valence-electron chi connectivity index (χ2n) is 5.76. The number of aliphatic hydroxyl groups is 1. The summed E-state index contributed by atoms with van der Waals surface area (Å²) in [6.07, 6.45) is -1.49. The molecule has 0 heterocycles. The van der Waals surface area contributed by atoms with E-state index in [1.165, 1.54) is 0 Å². The van der Waals surface area contributed by atoms with Crippen LogP contribution in [0.5, 0.6) is 0 Å². The molecule has 0 aromatic heterocycles. The van der Waals surface area contributed by atoms with Crippen molar-refractivity contribution >= 4 is 11.7 Å². The molecule has 0 fully saturated rings. The van der Waals surface area contributed by atoms with E-state index in [9.17, 15) is 13.6 Å². The molecule has 0 aliphatic rings. The number of rotatable bonds is 8. The lowest BCUT2D eigenvalue weighted by atomic mass is 10.0. The van der Waals surface area contributed by atoms with Crippen LogP contribution in [-0.2, 0) is 22.7 Å². The number of carbonyl (C=O) groups is 1. The first-order valence-electron chi connectivity index (χ1n) is 8.29. The molecule has 2 aromatic rings. The predicted octanol–water partition coefficient (Wildman–Crippen LogP) is 2.14. The fourth-order valence-corrected chi connectivity index (χ4v) is 2.52. The minimum atomic E-state index is -1.49. The molecular weight excluding hydrogens is 356 g/mol. The van der Waals surface area contributed by atoms with Gasteiger partial charge in [-0.05, 0) is 18.6 Å². The quantitative estimate of drug-likeness (QED) is 0.417. The van der Waals surface area contributed by atoms with Gasteiger partial charge in [0.2, 0.25) is 0 Å². The summed E-state index contributed by atoms with van der Waals surface area (Å²) >= 11 is 0. The molecule has 0 aliphatic carbocycles. The lowest BCUT2D eigenvalue weighted by Gasteiger charge is -2.19. The Morgan fingerprint density at radius 2 is 1.93 bits per heavy atom. The maximum absolute atomic E-state index is 14.5. The van der Waals surface area contributed by atoms with Crippen molar-refractivity contribution in [2.75, 3.05) is 6.61 Å². The Morgan fingerprint density at radius 1 is 1.26 bits per heavy atom. The van der Waals surface area contributed by atoms with E-state index < -0.39 is 35.8 Å². The number of ether oxygens (including phenoxy) is 1. The predicted molar refractivity (Wildman–Crippen MR) is 96.0 cm³/mol. The van der Waals surface area contributed by atoms with E-state index in [1.54, 1.807) is 31.2 Å². The first kappa shape index (κ1) is 20.5. The maximum Gasteiger partial charge on any atom is 0.254 e. The normalized spacial score (nSPS) is 11.9. The van der Waals surface area contributed by atoms with Gasteiger partial charge in [0.05, 0.1) is 12.2 Å². The summed E-state index contributed by atoms with van der Waals surface area (Å²) in [6, 6.07) is 8.73. The Bertz CT molecular complexity index is 826. The minimum absolute atomic E-state index is 0.0631. The van der Waals surface area contributed by atoms with Crippen LogP contribution >= 0.6 is 0 Å². The summed E-state index contributed by atoms with van der Waals surface area (Å²) < 4.78 is 33.9. The molecule has 0 bridgehead atoms. The number of carbonyl (C=O) groups excluding carboxylic acids is 1. The van der Waals surface area contributed by atoms with Crippen LogP contribution in [0.1, 0.15) is 35.3 Å². The van der Waals surface area contributed by atoms with Crippen LogP contribution in [0.2, 0.25) is 0 Å². The van der Waals surface area contributed by atoms with Gasteiger partial charge in [-0.15, -0.1) is 0 Å². The molecule has 1 amide bonds. The fraction of sp³-hybridized carbons (Fsp3) is 0.263. The summed E-state index contributed by atoms with van der Waals surface area (Å²) in [6.45, 7) is 1.14. The van der Waals surface area contributed by atoms with Crippen molar-refractivity contribution in [2.45, 2.75) is 26.2 Å². The summed E-state index contributed by atoms with van der Waals surface area (Å²) in [5, 5.41) is 19.1. The van der Waals surface area contributed by atoms with Crippen molar-refractivity contribution < 1.29 is 23.4 Å². The van der Waals surface area contributed by atoms with E-state index in [2.05, 4.69) is 5.32 Å². The van der Waals surface area contributed by atoms with Crippen molar-refractivity contribution in [1.29, 1.82) is 5.41 Å². The van der Waals surface area contributed by atoms with Crippen LogP contribution in [0.25, 0.3) is 0 Å². The van der Waals surface area contributed by atoms with E-state index in [-0.39, 0.29) is 24.6 Å². The zero-order valence-electron chi connectivity index (χ0n) is 14.8. The Balaban J connectivity index is 2.19. The molecule has 6 nitrogen and oxygen atoms in total. The zero-order valence-corrected chi connectivity index (χ0v) is 14.8.